The molecule has 1 aromatic carbocycles. The number of aryl methyl sites for hydroxylation is 1. The lowest BCUT2D eigenvalue weighted by Gasteiger charge is -2.25. The molecule has 0 spiro atoms. The largest absolute Gasteiger partial charge is 0.352 e. The van der Waals surface area contributed by atoms with Crippen LogP contribution < -0.4 is 5.32 Å². The second-order valence-corrected chi connectivity index (χ2v) is 5.35. The van der Waals surface area contributed by atoms with Crippen molar-refractivity contribution in [3.05, 3.63) is 47.8 Å². The average molecular weight is 283 g/mol. The van der Waals surface area contributed by atoms with E-state index in [0.717, 1.165) is 43.4 Å². The standard InChI is InChI=1S/C16H21N5/c1-13-14(11-18-16-17-9-6-10-20(16)2)12-21(19-13)15-7-4-3-5-8-15/h3-5,7-8,12H,6,9-11H2,1-2H3,(H,17,18). The minimum absolute atomic E-state index is 0.752. The second-order valence-electron chi connectivity index (χ2n) is 5.35. The van der Waals surface area contributed by atoms with Crippen molar-refractivity contribution in [1.82, 2.24) is 20.0 Å². The molecule has 110 valence electrons. The van der Waals surface area contributed by atoms with Crippen LogP contribution in [0.1, 0.15) is 17.7 Å². The first kappa shape index (κ1) is 13.7. The van der Waals surface area contributed by atoms with E-state index in [9.17, 15) is 0 Å². The Morgan fingerprint density at radius 1 is 1.24 bits per heavy atom. The van der Waals surface area contributed by atoms with Crippen LogP contribution in [0.5, 0.6) is 0 Å². The molecule has 0 unspecified atom stereocenters. The van der Waals surface area contributed by atoms with Gasteiger partial charge in [0, 0.05) is 38.4 Å². The highest BCUT2D eigenvalue weighted by Crippen LogP contribution is 2.11. The average Bonchev–Trinajstić information content (AvgIpc) is 2.89. The van der Waals surface area contributed by atoms with Crippen molar-refractivity contribution in [1.29, 1.82) is 0 Å². The molecule has 0 aliphatic carbocycles. The highest BCUT2D eigenvalue weighted by Gasteiger charge is 2.12. The fourth-order valence-corrected chi connectivity index (χ4v) is 2.47. The van der Waals surface area contributed by atoms with E-state index in [1.54, 1.807) is 0 Å². The van der Waals surface area contributed by atoms with Gasteiger partial charge in [0.2, 0.25) is 0 Å². The van der Waals surface area contributed by atoms with Gasteiger partial charge in [0.15, 0.2) is 5.96 Å². The summed E-state index contributed by atoms with van der Waals surface area (Å²) in [6, 6.07) is 10.2. The lowest BCUT2D eigenvalue weighted by Crippen LogP contribution is -2.41. The number of para-hydroxylation sites is 1. The van der Waals surface area contributed by atoms with Crippen LogP contribution in [0.3, 0.4) is 0 Å². The summed E-state index contributed by atoms with van der Waals surface area (Å²) in [5.74, 6) is 0.980. The highest BCUT2D eigenvalue weighted by atomic mass is 15.3. The summed E-state index contributed by atoms with van der Waals surface area (Å²) in [5, 5.41) is 8.00. The number of nitrogens with one attached hydrogen (secondary N) is 1. The maximum absolute atomic E-state index is 4.59. The van der Waals surface area contributed by atoms with Crippen molar-refractivity contribution in [2.75, 3.05) is 20.1 Å². The molecule has 5 heteroatoms. The normalized spacial score (nSPS) is 15.0. The molecule has 0 saturated heterocycles. The van der Waals surface area contributed by atoms with Crippen LogP contribution in [-0.4, -0.2) is 40.8 Å². The van der Waals surface area contributed by atoms with Crippen LogP contribution in [0.25, 0.3) is 5.69 Å². The van der Waals surface area contributed by atoms with Gasteiger partial charge in [0.05, 0.1) is 11.4 Å². The number of hydrogen-bond donors (Lipinski definition) is 1. The first-order chi connectivity index (χ1) is 10.2. The SMILES string of the molecule is Cc1nn(-c2ccccc2)cc1CNC1=NCCCN1C. The van der Waals surface area contributed by atoms with Gasteiger partial charge in [0.25, 0.3) is 0 Å². The zero-order valence-corrected chi connectivity index (χ0v) is 12.6. The monoisotopic (exact) mass is 283 g/mol. The third-order valence-electron chi connectivity index (χ3n) is 3.73. The Labute approximate surface area is 125 Å². The Morgan fingerprint density at radius 2 is 2.05 bits per heavy atom. The van der Waals surface area contributed by atoms with Crippen molar-refractivity contribution in [3.63, 3.8) is 0 Å². The number of guanidine groups is 1. The van der Waals surface area contributed by atoms with Gasteiger partial charge in [-0.2, -0.15) is 5.10 Å². The molecule has 1 aliphatic rings. The number of hydrogen-bond acceptors (Lipinski definition) is 4. The van der Waals surface area contributed by atoms with E-state index in [4.69, 9.17) is 0 Å². The van der Waals surface area contributed by atoms with Crippen molar-refractivity contribution in [2.45, 2.75) is 19.9 Å². The predicted molar refractivity (Wildman–Crippen MR) is 84.7 cm³/mol. The molecule has 0 amide bonds. The van der Waals surface area contributed by atoms with Crippen LogP contribution >= 0.6 is 0 Å². The molecule has 3 rings (SSSR count). The smallest absolute Gasteiger partial charge is 0.193 e. The summed E-state index contributed by atoms with van der Waals surface area (Å²) < 4.78 is 1.93. The van der Waals surface area contributed by atoms with Crippen LogP contribution in [-0.2, 0) is 6.54 Å². The molecule has 5 nitrogen and oxygen atoms in total. The first-order valence-electron chi connectivity index (χ1n) is 7.34. The van der Waals surface area contributed by atoms with Crippen LogP contribution in [0.15, 0.2) is 41.5 Å². The maximum Gasteiger partial charge on any atom is 0.193 e. The molecule has 0 atom stereocenters. The second kappa shape index (κ2) is 5.99. The Hall–Kier alpha value is -2.30. The van der Waals surface area contributed by atoms with Crippen molar-refractivity contribution < 1.29 is 0 Å². The first-order valence-corrected chi connectivity index (χ1v) is 7.34. The van der Waals surface area contributed by atoms with Gasteiger partial charge in [0.1, 0.15) is 0 Å². The fraction of sp³-hybridized carbons (Fsp3) is 0.375. The number of nitrogens with zero attached hydrogens (tertiary/aromatic N) is 4. The predicted octanol–water partition coefficient (Wildman–Crippen LogP) is 1.96. The summed E-state index contributed by atoms with van der Waals surface area (Å²) in [6.07, 6.45) is 3.22. The lowest BCUT2D eigenvalue weighted by atomic mass is 10.2. The molecule has 1 N–H and O–H groups in total. The minimum atomic E-state index is 0.752. The zero-order chi connectivity index (χ0) is 14.7. The van der Waals surface area contributed by atoms with E-state index in [2.05, 4.69) is 45.7 Å². The van der Waals surface area contributed by atoms with Gasteiger partial charge in [-0.15, -0.1) is 0 Å². The van der Waals surface area contributed by atoms with Gasteiger partial charge >= 0.3 is 0 Å². The van der Waals surface area contributed by atoms with E-state index in [1.165, 1.54) is 5.56 Å². The third kappa shape index (κ3) is 3.07. The summed E-state index contributed by atoms with van der Waals surface area (Å²) in [4.78, 5) is 6.69. The molecule has 0 bridgehead atoms. The summed E-state index contributed by atoms with van der Waals surface area (Å²) in [6.45, 7) is 4.77. The van der Waals surface area contributed by atoms with E-state index in [1.807, 2.05) is 29.8 Å². The van der Waals surface area contributed by atoms with Crippen LogP contribution in [0.2, 0.25) is 0 Å². The van der Waals surface area contributed by atoms with Gasteiger partial charge in [-0.1, -0.05) is 18.2 Å². The molecule has 2 aromatic rings. The summed E-state index contributed by atoms with van der Waals surface area (Å²) in [7, 11) is 2.07. The minimum Gasteiger partial charge on any atom is -0.352 e. The number of benzene rings is 1. The highest BCUT2D eigenvalue weighted by molar-refractivity contribution is 5.80. The van der Waals surface area contributed by atoms with E-state index in [0.29, 0.717) is 0 Å². The third-order valence-corrected chi connectivity index (χ3v) is 3.73. The number of aromatic nitrogens is 2. The summed E-state index contributed by atoms with van der Waals surface area (Å²) in [5.41, 5.74) is 3.32. The Balaban J connectivity index is 1.72. The van der Waals surface area contributed by atoms with Crippen molar-refractivity contribution >= 4 is 5.96 Å². The maximum atomic E-state index is 4.59. The van der Waals surface area contributed by atoms with Crippen LogP contribution in [0, 0.1) is 6.92 Å². The quantitative estimate of drug-likeness (QED) is 0.936. The molecule has 0 fully saturated rings. The van der Waals surface area contributed by atoms with Crippen molar-refractivity contribution in [3.8, 4) is 5.69 Å². The Morgan fingerprint density at radius 3 is 2.81 bits per heavy atom. The van der Waals surface area contributed by atoms with Gasteiger partial charge in [-0.3, -0.25) is 4.99 Å². The molecule has 2 heterocycles. The zero-order valence-electron chi connectivity index (χ0n) is 12.6. The Bertz CT molecular complexity index is 629. The van der Waals surface area contributed by atoms with E-state index < -0.39 is 0 Å². The number of aliphatic imine (C=N–C) groups is 1. The lowest BCUT2D eigenvalue weighted by molar-refractivity contribution is 0.446. The molecular formula is C16H21N5. The van der Waals surface area contributed by atoms with Gasteiger partial charge in [-0.25, -0.2) is 4.68 Å². The van der Waals surface area contributed by atoms with E-state index >= 15 is 0 Å². The molecule has 1 aliphatic heterocycles. The molecule has 0 saturated carbocycles. The molecule has 21 heavy (non-hydrogen) atoms. The van der Waals surface area contributed by atoms with Gasteiger partial charge in [-0.05, 0) is 25.5 Å². The van der Waals surface area contributed by atoms with E-state index in [-0.39, 0.29) is 0 Å². The molecular weight excluding hydrogens is 262 g/mol. The molecule has 0 radical (unpaired) electrons. The van der Waals surface area contributed by atoms with Gasteiger partial charge < -0.3 is 10.2 Å². The molecule has 1 aromatic heterocycles. The topological polar surface area (TPSA) is 45.5 Å². The Kier molecular flexibility index (Phi) is 3.90. The summed E-state index contributed by atoms with van der Waals surface area (Å²) >= 11 is 0. The number of rotatable bonds is 3. The van der Waals surface area contributed by atoms with Crippen LogP contribution in [0.4, 0.5) is 0 Å². The fourth-order valence-electron chi connectivity index (χ4n) is 2.47. The van der Waals surface area contributed by atoms with Crippen molar-refractivity contribution in [2.24, 2.45) is 4.99 Å².